The van der Waals surface area contributed by atoms with E-state index in [0.29, 0.717) is 11.1 Å². The Kier molecular flexibility index (Phi) is 3.99. The second kappa shape index (κ2) is 5.93. The summed E-state index contributed by atoms with van der Waals surface area (Å²) < 4.78 is 18.5. The molecule has 0 heterocycles. The first-order chi connectivity index (χ1) is 10.6. The fourth-order valence-electron chi connectivity index (χ4n) is 2.74. The van der Waals surface area contributed by atoms with Crippen LogP contribution >= 0.6 is 11.6 Å². The number of fused-ring (bicyclic) bond motifs is 1. The highest BCUT2D eigenvalue weighted by Crippen LogP contribution is 2.36. The van der Waals surface area contributed by atoms with Crippen LogP contribution in [0.5, 0.6) is 0 Å². The predicted molar refractivity (Wildman–Crippen MR) is 84.6 cm³/mol. The standard InChI is InChI=1S/C18H14ClFO2/c1-22-18(21)12-9-8-11-4-2-5-13(15(11)10-12)14-6-3-7-16(20)17(14)19/h3,5-10H,2,4H2,1H3. The highest BCUT2D eigenvalue weighted by Gasteiger charge is 2.19. The Morgan fingerprint density at radius 2 is 2.05 bits per heavy atom. The molecule has 2 aromatic carbocycles. The van der Waals surface area contributed by atoms with Crippen LogP contribution in [0, 0.1) is 5.82 Å². The summed E-state index contributed by atoms with van der Waals surface area (Å²) in [5.41, 5.74) is 4.00. The molecule has 0 aromatic heterocycles. The van der Waals surface area contributed by atoms with Gasteiger partial charge in [-0.25, -0.2) is 9.18 Å². The zero-order chi connectivity index (χ0) is 15.7. The van der Waals surface area contributed by atoms with Crippen molar-refractivity contribution in [3.8, 4) is 0 Å². The Balaban J connectivity index is 2.15. The maximum absolute atomic E-state index is 13.7. The summed E-state index contributed by atoms with van der Waals surface area (Å²) >= 11 is 6.12. The van der Waals surface area contributed by atoms with Crippen molar-refractivity contribution in [1.82, 2.24) is 0 Å². The van der Waals surface area contributed by atoms with Gasteiger partial charge < -0.3 is 4.74 Å². The average Bonchev–Trinajstić information content (AvgIpc) is 2.55. The largest absolute Gasteiger partial charge is 0.465 e. The van der Waals surface area contributed by atoms with E-state index in [0.717, 1.165) is 29.5 Å². The van der Waals surface area contributed by atoms with Gasteiger partial charge >= 0.3 is 5.97 Å². The van der Waals surface area contributed by atoms with Crippen LogP contribution in [0.2, 0.25) is 5.02 Å². The van der Waals surface area contributed by atoms with Crippen LogP contribution in [-0.2, 0) is 11.2 Å². The van der Waals surface area contributed by atoms with Gasteiger partial charge in [0.1, 0.15) is 5.82 Å². The molecule has 112 valence electrons. The molecular weight excluding hydrogens is 303 g/mol. The van der Waals surface area contributed by atoms with Gasteiger partial charge in [-0.3, -0.25) is 0 Å². The molecule has 0 atom stereocenters. The minimum Gasteiger partial charge on any atom is -0.465 e. The van der Waals surface area contributed by atoms with E-state index in [4.69, 9.17) is 16.3 Å². The number of carbonyl (C=O) groups excluding carboxylic acids is 1. The van der Waals surface area contributed by atoms with E-state index in [1.165, 1.54) is 13.2 Å². The number of allylic oxidation sites excluding steroid dienone is 1. The third-order valence-electron chi connectivity index (χ3n) is 3.83. The second-order valence-corrected chi connectivity index (χ2v) is 5.50. The summed E-state index contributed by atoms with van der Waals surface area (Å²) in [5, 5.41) is 0.102. The summed E-state index contributed by atoms with van der Waals surface area (Å²) in [6.45, 7) is 0. The molecule has 0 spiro atoms. The van der Waals surface area contributed by atoms with E-state index < -0.39 is 11.8 Å². The number of hydrogen-bond acceptors (Lipinski definition) is 2. The third-order valence-corrected chi connectivity index (χ3v) is 4.21. The molecule has 1 aliphatic rings. The van der Waals surface area contributed by atoms with Crippen molar-refractivity contribution in [3.63, 3.8) is 0 Å². The molecule has 0 saturated carbocycles. The number of methoxy groups -OCH3 is 1. The molecule has 0 bridgehead atoms. The fraction of sp³-hybridized carbons (Fsp3) is 0.167. The molecule has 4 heteroatoms. The summed E-state index contributed by atoms with van der Waals surface area (Å²) in [6.07, 6.45) is 3.77. The van der Waals surface area contributed by atoms with E-state index in [2.05, 4.69) is 0 Å². The molecule has 2 nitrogen and oxygen atoms in total. The van der Waals surface area contributed by atoms with Gasteiger partial charge in [0.25, 0.3) is 0 Å². The Hall–Kier alpha value is -2.13. The number of hydrogen-bond donors (Lipinski definition) is 0. The van der Waals surface area contributed by atoms with Gasteiger partial charge in [0.05, 0.1) is 17.7 Å². The quantitative estimate of drug-likeness (QED) is 0.754. The normalized spacial score (nSPS) is 13.3. The smallest absolute Gasteiger partial charge is 0.337 e. The summed E-state index contributed by atoms with van der Waals surface area (Å²) in [4.78, 5) is 11.7. The van der Waals surface area contributed by atoms with Gasteiger partial charge in [0.15, 0.2) is 0 Å². The molecule has 3 rings (SSSR count). The molecule has 0 radical (unpaired) electrons. The predicted octanol–water partition coefficient (Wildman–Crippen LogP) is 4.64. The zero-order valence-electron chi connectivity index (χ0n) is 12.0. The van der Waals surface area contributed by atoms with Gasteiger partial charge in [0, 0.05) is 5.56 Å². The lowest BCUT2D eigenvalue weighted by atomic mass is 9.86. The van der Waals surface area contributed by atoms with Gasteiger partial charge in [-0.05, 0) is 47.7 Å². The second-order valence-electron chi connectivity index (χ2n) is 5.12. The first-order valence-electron chi connectivity index (χ1n) is 6.98. The molecule has 0 aliphatic heterocycles. The number of halogens is 2. The van der Waals surface area contributed by atoms with Crippen LogP contribution in [0.1, 0.15) is 33.5 Å². The number of rotatable bonds is 2. The molecule has 2 aromatic rings. The van der Waals surface area contributed by atoms with Crippen LogP contribution in [-0.4, -0.2) is 13.1 Å². The zero-order valence-corrected chi connectivity index (χ0v) is 12.8. The maximum atomic E-state index is 13.7. The van der Waals surface area contributed by atoms with E-state index >= 15 is 0 Å². The first-order valence-corrected chi connectivity index (χ1v) is 7.35. The van der Waals surface area contributed by atoms with Crippen molar-refractivity contribution in [2.24, 2.45) is 0 Å². The van der Waals surface area contributed by atoms with Crippen LogP contribution in [0.25, 0.3) is 5.57 Å². The molecule has 0 N–H and O–H groups in total. The van der Waals surface area contributed by atoms with E-state index in [1.807, 2.05) is 12.1 Å². The molecule has 0 amide bonds. The Bertz CT molecular complexity index is 781. The van der Waals surface area contributed by atoms with Crippen LogP contribution < -0.4 is 0 Å². The number of carbonyl (C=O) groups is 1. The van der Waals surface area contributed by atoms with Crippen LogP contribution in [0.3, 0.4) is 0 Å². The Morgan fingerprint density at radius 1 is 1.23 bits per heavy atom. The van der Waals surface area contributed by atoms with Crippen molar-refractivity contribution in [3.05, 3.63) is 75.6 Å². The lowest BCUT2D eigenvalue weighted by molar-refractivity contribution is 0.0600. The van der Waals surface area contributed by atoms with E-state index in [-0.39, 0.29) is 5.02 Å². The van der Waals surface area contributed by atoms with Gasteiger partial charge in [-0.2, -0.15) is 0 Å². The molecule has 22 heavy (non-hydrogen) atoms. The average molecular weight is 317 g/mol. The number of esters is 1. The number of ether oxygens (including phenoxy) is 1. The lowest BCUT2D eigenvalue weighted by Crippen LogP contribution is -2.07. The molecule has 0 fully saturated rings. The summed E-state index contributed by atoms with van der Waals surface area (Å²) in [7, 11) is 1.35. The van der Waals surface area contributed by atoms with Crippen LogP contribution in [0.4, 0.5) is 4.39 Å². The Morgan fingerprint density at radius 3 is 2.82 bits per heavy atom. The van der Waals surface area contributed by atoms with Crippen molar-refractivity contribution in [1.29, 1.82) is 0 Å². The first kappa shape index (κ1) is 14.8. The van der Waals surface area contributed by atoms with Crippen molar-refractivity contribution >= 4 is 23.1 Å². The van der Waals surface area contributed by atoms with Gasteiger partial charge in [-0.15, -0.1) is 0 Å². The third kappa shape index (κ3) is 2.53. The SMILES string of the molecule is COC(=O)c1ccc2c(c1)C(c1cccc(F)c1Cl)=CCC2. The number of benzene rings is 2. The number of aryl methyl sites for hydroxylation is 1. The molecule has 0 unspecified atom stereocenters. The molecule has 1 aliphatic carbocycles. The minimum atomic E-state index is -0.448. The topological polar surface area (TPSA) is 26.3 Å². The van der Waals surface area contributed by atoms with Crippen LogP contribution in [0.15, 0.2) is 42.5 Å². The van der Waals surface area contributed by atoms with Gasteiger partial charge in [0.2, 0.25) is 0 Å². The molecule has 0 saturated heterocycles. The highest BCUT2D eigenvalue weighted by molar-refractivity contribution is 6.32. The maximum Gasteiger partial charge on any atom is 0.337 e. The van der Waals surface area contributed by atoms with Gasteiger partial charge in [-0.1, -0.05) is 35.9 Å². The summed E-state index contributed by atoms with van der Waals surface area (Å²) in [6, 6.07) is 10.2. The van der Waals surface area contributed by atoms with Crippen molar-refractivity contribution in [2.75, 3.05) is 7.11 Å². The highest BCUT2D eigenvalue weighted by atomic mass is 35.5. The van der Waals surface area contributed by atoms with Crippen molar-refractivity contribution in [2.45, 2.75) is 12.8 Å². The lowest BCUT2D eigenvalue weighted by Gasteiger charge is -2.20. The van der Waals surface area contributed by atoms with E-state index in [9.17, 15) is 9.18 Å². The molecular formula is C18H14ClFO2. The summed E-state index contributed by atoms with van der Waals surface area (Å²) in [5.74, 6) is -0.839. The monoisotopic (exact) mass is 316 g/mol. The Labute approximate surface area is 133 Å². The van der Waals surface area contributed by atoms with E-state index in [1.54, 1.807) is 24.3 Å². The fourth-order valence-corrected chi connectivity index (χ4v) is 2.97. The minimum absolute atomic E-state index is 0.102. The van der Waals surface area contributed by atoms with Crippen molar-refractivity contribution < 1.29 is 13.9 Å².